The van der Waals surface area contributed by atoms with Gasteiger partial charge in [-0.1, -0.05) is 20.8 Å². The maximum absolute atomic E-state index is 12.9. The summed E-state index contributed by atoms with van der Waals surface area (Å²) in [4.78, 5) is 24.2. The lowest BCUT2D eigenvalue weighted by Crippen LogP contribution is -2.58. The molecule has 1 aromatic rings. The normalized spacial score (nSPS) is 24.1. The first-order valence-electron chi connectivity index (χ1n) is 9.45. The molecule has 1 amide bonds. The Kier molecular flexibility index (Phi) is 5.43. The molecule has 0 saturated carbocycles. The van der Waals surface area contributed by atoms with E-state index in [1.165, 1.54) is 0 Å². The fraction of sp³-hybridized carbons (Fsp3) is 0.833. The number of likely N-dealkylation sites (tertiary alicyclic amines) is 1. The second kappa shape index (κ2) is 7.41. The average molecular weight is 348 g/mol. The number of hydrogen-bond acceptors (Lipinski definition) is 5. The van der Waals surface area contributed by atoms with Gasteiger partial charge in [-0.15, -0.1) is 0 Å². The number of nitrogens with one attached hydrogen (secondary N) is 1. The number of nitrogens with zero attached hydrogens (tertiary/aromatic N) is 5. The van der Waals surface area contributed by atoms with Crippen LogP contribution in [0.2, 0.25) is 0 Å². The van der Waals surface area contributed by atoms with E-state index >= 15 is 0 Å². The van der Waals surface area contributed by atoms with E-state index in [1.54, 1.807) is 0 Å². The molecule has 0 aliphatic carbocycles. The van der Waals surface area contributed by atoms with Crippen molar-refractivity contribution in [1.29, 1.82) is 0 Å². The SMILES string of the molecule is Cc1nc(CN2CCN([C@@H]3CCCN(CC(C)(C)C)C3=O)CC2)n[nH]1. The first-order valence-corrected chi connectivity index (χ1v) is 9.45. The zero-order valence-corrected chi connectivity index (χ0v) is 16.1. The van der Waals surface area contributed by atoms with Crippen molar-refractivity contribution in [2.75, 3.05) is 39.3 Å². The molecule has 2 saturated heterocycles. The summed E-state index contributed by atoms with van der Waals surface area (Å²) in [6.45, 7) is 14.9. The predicted molar refractivity (Wildman–Crippen MR) is 97.0 cm³/mol. The first-order chi connectivity index (χ1) is 11.8. The number of amides is 1. The van der Waals surface area contributed by atoms with Crippen molar-refractivity contribution < 1.29 is 4.79 Å². The minimum absolute atomic E-state index is 0.0732. The molecule has 25 heavy (non-hydrogen) atoms. The zero-order chi connectivity index (χ0) is 18.0. The van der Waals surface area contributed by atoms with Crippen molar-refractivity contribution in [3.63, 3.8) is 0 Å². The Labute approximate surface area is 150 Å². The maximum atomic E-state index is 12.9. The minimum Gasteiger partial charge on any atom is -0.341 e. The van der Waals surface area contributed by atoms with E-state index in [2.05, 4.69) is 50.7 Å². The molecule has 3 rings (SSSR count). The van der Waals surface area contributed by atoms with Gasteiger partial charge in [-0.2, -0.15) is 5.10 Å². The second-order valence-corrected chi connectivity index (χ2v) is 8.63. The molecular formula is C18H32N6O. The third kappa shape index (κ3) is 4.79. The number of H-pyrrole nitrogens is 1. The van der Waals surface area contributed by atoms with Gasteiger partial charge in [0.05, 0.1) is 12.6 Å². The largest absolute Gasteiger partial charge is 0.341 e. The second-order valence-electron chi connectivity index (χ2n) is 8.63. The van der Waals surface area contributed by atoms with Crippen molar-refractivity contribution in [3.05, 3.63) is 11.6 Å². The van der Waals surface area contributed by atoms with Crippen LogP contribution in [-0.4, -0.2) is 81.1 Å². The molecule has 7 nitrogen and oxygen atoms in total. The molecule has 0 radical (unpaired) electrons. The van der Waals surface area contributed by atoms with Crippen LogP contribution in [0.25, 0.3) is 0 Å². The van der Waals surface area contributed by atoms with Gasteiger partial charge in [0.15, 0.2) is 5.82 Å². The molecule has 3 heterocycles. The summed E-state index contributed by atoms with van der Waals surface area (Å²) in [7, 11) is 0. The van der Waals surface area contributed by atoms with Gasteiger partial charge in [-0.25, -0.2) is 4.98 Å². The Morgan fingerprint density at radius 2 is 1.88 bits per heavy atom. The number of carbonyl (C=O) groups excluding carboxylic acids is 1. The Balaban J connectivity index is 1.52. The number of hydrogen-bond donors (Lipinski definition) is 1. The summed E-state index contributed by atoms with van der Waals surface area (Å²) in [6.07, 6.45) is 2.11. The Hall–Kier alpha value is -1.47. The predicted octanol–water partition coefficient (Wildman–Crippen LogP) is 1.27. The molecule has 0 spiro atoms. The average Bonchev–Trinajstić information content (AvgIpc) is 2.94. The van der Waals surface area contributed by atoms with Gasteiger partial charge in [0.2, 0.25) is 5.91 Å². The molecule has 0 unspecified atom stereocenters. The highest BCUT2D eigenvalue weighted by Crippen LogP contribution is 2.23. The highest BCUT2D eigenvalue weighted by atomic mass is 16.2. The summed E-state index contributed by atoms with van der Waals surface area (Å²) in [5.74, 6) is 2.05. The molecule has 2 fully saturated rings. The molecule has 0 bridgehead atoms. The van der Waals surface area contributed by atoms with Gasteiger partial charge in [0.1, 0.15) is 5.82 Å². The quantitative estimate of drug-likeness (QED) is 0.887. The van der Waals surface area contributed by atoms with Crippen molar-refractivity contribution in [2.24, 2.45) is 5.41 Å². The van der Waals surface area contributed by atoms with Crippen LogP contribution in [0.3, 0.4) is 0 Å². The summed E-state index contributed by atoms with van der Waals surface area (Å²) in [6, 6.07) is 0.0732. The molecule has 7 heteroatoms. The van der Waals surface area contributed by atoms with E-state index in [0.29, 0.717) is 5.91 Å². The van der Waals surface area contributed by atoms with Crippen LogP contribution in [0.4, 0.5) is 0 Å². The van der Waals surface area contributed by atoms with Crippen LogP contribution in [0, 0.1) is 12.3 Å². The number of aromatic amines is 1. The lowest BCUT2D eigenvalue weighted by molar-refractivity contribution is -0.142. The number of piperazine rings is 1. The van der Waals surface area contributed by atoms with Crippen molar-refractivity contribution in [1.82, 2.24) is 29.9 Å². The van der Waals surface area contributed by atoms with E-state index < -0.39 is 0 Å². The summed E-state index contributed by atoms with van der Waals surface area (Å²) in [5.41, 5.74) is 0.158. The van der Waals surface area contributed by atoms with Crippen LogP contribution in [-0.2, 0) is 11.3 Å². The van der Waals surface area contributed by atoms with E-state index in [4.69, 9.17) is 0 Å². The van der Waals surface area contributed by atoms with Crippen molar-refractivity contribution in [2.45, 2.75) is 53.1 Å². The van der Waals surface area contributed by atoms with Gasteiger partial charge in [0, 0.05) is 39.3 Å². The molecule has 1 N–H and O–H groups in total. The summed E-state index contributed by atoms with van der Waals surface area (Å²) in [5, 5.41) is 7.12. The molecule has 1 atom stereocenters. The molecular weight excluding hydrogens is 316 g/mol. The number of carbonyl (C=O) groups is 1. The van der Waals surface area contributed by atoms with Crippen LogP contribution in [0.5, 0.6) is 0 Å². The molecule has 2 aliphatic rings. The van der Waals surface area contributed by atoms with Gasteiger partial charge in [-0.05, 0) is 25.2 Å². The van der Waals surface area contributed by atoms with Crippen LogP contribution >= 0.6 is 0 Å². The fourth-order valence-electron chi connectivity index (χ4n) is 3.88. The highest BCUT2D eigenvalue weighted by molar-refractivity contribution is 5.82. The Morgan fingerprint density at radius 3 is 2.48 bits per heavy atom. The molecule has 0 aromatic carbocycles. The number of piperidine rings is 1. The fourth-order valence-corrected chi connectivity index (χ4v) is 3.88. The van der Waals surface area contributed by atoms with E-state index in [-0.39, 0.29) is 11.5 Å². The Bertz CT molecular complexity index is 585. The van der Waals surface area contributed by atoms with Crippen LogP contribution in [0.15, 0.2) is 0 Å². The number of aromatic nitrogens is 3. The van der Waals surface area contributed by atoms with Gasteiger partial charge < -0.3 is 4.90 Å². The highest BCUT2D eigenvalue weighted by Gasteiger charge is 2.35. The summed E-state index contributed by atoms with van der Waals surface area (Å²) < 4.78 is 0. The van der Waals surface area contributed by atoms with E-state index in [1.807, 2.05) is 6.92 Å². The lowest BCUT2D eigenvalue weighted by Gasteiger charge is -2.43. The van der Waals surface area contributed by atoms with Gasteiger partial charge >= 0.3 is 0 Å². The lowest BCUT2D eigenvalue weighted by atomic mass is 9.93. The maximum Gasteiger partial charge on any atom is 0.239 e. The smallest absolute Gasteiger partial charge is 0.239 e. The monoisotopic (exact) mass is 348 g/mol. The molecule has 140 valence electrons. The topological polar surface area (TPSA) is 68.4 Å². The third-order valence-corrected chi connectivity index (χ3v) is 5.02. The summed E-state index contributed by atoms with van der Waals surface area (Å²) >= 11 is 0. The Morgan fingerprint density at radius 1 is 1.16 bits per heavy atom. The minimum atomic E-state index is 0.0732. The van der Waals surface area contributed by atoms with Crippen molar-refractivity contribution >= 4 is 5.91 Å². The first kappa shape index (κ1) is 18.3. The van der Waals surface area contributed by atoms with Crippen molar-refractivity contribution in [3.8, 4) is 0 Å². The van der Waals surface area contributed by atoms with E-state index in [0.717, 1.165) is 70.3 Å². The molecule has 1 aromatic heterocycles. The van der Waals surface area contributed by atoms with Gasteiger partial charge in [-0.3, -0.25) is 19.7 Å². The third-order valence-electron chi connectivity index (χ3n) is 5.02. The van der Waals surface area contributed by atoms with E-state index in [9.17, 15) is 4.79 Å². The number of rotatable bonds is 4. The van der Waals surface area contributed by atoms with Crippen LogP contribution < -0.4 is 0 Å². The molecule has 2 aliphatic heterocycles. The van der Waals surface area contributed by atoms with Gasteiger partial charge in [0.25, 0.3) is 0 Å². The van der Waals surface area contributed by atoms with Crippen LogP contribution in [0.1, 0.15) is 45.3 Å². The number of aryl methyl sites for hydroxylation is 1. The zero-order valence-electron chi connectivity index (χ0n) is 16.1. The standard InChI is InChI=1S/C18H32N6O/c1-14-19-16(21-20-14)12-22-8-10-23(11-9-22)15-6-5-7-24(17(15)25)13-18(2,3)4/h15H,5-13H2,1-4H3,(H,19,20,21)/t15-/m1/s1.